The molecule has 100 valence electrons. The summed E-state index contributed by atoms with van der Waals surface area (Å²) in [5.41, 5.74) is 1.91. The van der Waals surface area contributed by atoms with E-state index in [4.69, 9.17) is 5.26 Å². The Morgan fingerprint density at radius 2 is 2.05 bits per heavy atom. The summed E-state index contributed by atoms with van der Waals surface area (Å²) < 4.78 is 0. The van der Waals surface area contributed by atoms with Crippen molar-refractivity contribution in [3.8, 4) is 6.07 Å². The highest BCUT2D eigenvalue weighted by Gasteiger charge is 2.09. The van der Waals surface area contributed by atoms with Gasteiger partial charge in [0.2, 0.25) is 0 Å². The number of rotatable bonds is 3. The number of nitrogens with zero attached hydrogens (tertiary/aromatic N) is 1. The van der Waals surface area contributed by atoms with Crippen molar-refractivity contribution >= 4 is 5.91 Å². The Kier molecular flexibility index (Phi) is 3.96. The Bertz CT molecular complexity index is 724. The molecule has 1 aromatic carbocycles. The van der Waals surface area contributed by atoms with Gasteiger partial charge >= 0.3 is 0 Å². The first-order chi connectivity index (χ1) is 9.60. The molecule has 0 atom stereocenters. The molecule has 1 amide bonds. The van der Waals surface area contributed by atoms with Crippen LogP contribution < -0.4 is 10.7 Å². The van der Waals surface area contributed by atoms with E-state index in [2.05, 4.69) is 10.3 Å². The Morgan fingerprint density at radius 3 is 2.65 bits per heavy atom. The van der Waals surface area contributed by atoms with E-state index >= 15 is 0 Å². The highest BCUT2D eigenvalue weighted by atomic mass is 16.2. The number of hydrogen-bond donors (Lipinski definition) is 2. The van der Waals surface area contributed by atoms with E-state index in [-0.39, 0.29) is 11.0 Å². The summed E-state index contributed by atoms with van der Waals surface area (Å²) in [4.78, 5) is 26.4. The smallest absolute Gasteiger partial charge is 0.257 e. The first kappa shape index (κ1) is 13.6. The van der Waals surface area contributed by atoms with Crippen molar-refractivity contribution in [2.24, 2.45) is 0 Å². The van der Waals surface area contributed by atoms with Gasteiger partial charge in [-0.1, -0.05) is 12.1 Å². The molecular weight excluding hydrogens is 254 g/mol. The summed E-state index contributed by atoms with van der Waals surface area (Å²) in [7, 11) is 0. The molecule has 1 aromatic heterocycles. The highest BCUT2D eigenvalue weighted by molar-refractivity contribution is 5.93. The highest BCUT2D eigenvalue weighted by Crippen LogP contribution is 2.03. The molecule has 0 aliphatic heterocycles. The third-order valence-corrected chi connectivity index (χ3v) is 2.84. The van der Waals surface area contributed by atoms with Gasteiger partial charge in [0.1, 0.15) is 5.56 Å². The van der Waals surface area contributed by atoms with Gasteiger partial charge in [-0.2, -0.15) is 5.26 Å². The molecule has 2 N–H and O–H groups in total. The van der Waals surface area contributed by atoms with Gasteiger partial charge in [-0.15, -0.1) is 0 Å². The van der Waals surface area contributed by atoms with Gasteiger partial charge in [0.05, 0.1) is 11.6 Å². The fraction of sp³-hybridized carbons (Fsp3) is 0.133. The second kappa shape index (κ2) is 5.85. The first-order valence-electron chi connectivity index (χ1n) is 6.07. The zero-order valence-electron chi connectivity index (χ0n) is 10.9. The molecule has 0 radical (unpaired) electrons. The predicted octanol–water partition coefficient (Wildman–Crippen LogP) is 1.48. The summed E-state index contributed by atoms with van der Waals surface area (Å²) in [6.07, 6.45) is 1.41. The quantitative estimate of drug-likeness (QED) is 0.883. The Labute approximate surface area is 115 Å². The topological polar surface area (TPSA) is 85.8 Å². The first-order valence-corrected chi connectivity index (χ1v) is 6.07. The lowest BCUT2D eigenvalue weighted by Crippen LogP contribution is -2.28. The minimum absolute atomic E-state index is 0.0873. The van der Waals surface area contributed by atoms with E-state index in [1.807, 2.05) is 6.07 Å². The summed E-state index contributed by atoms with van der Waals surface area (Å²) in [6.45, 7) is 2.05. The molecule has 20 heavy (non-hydrogen) atoms. The van der Waals surface area contributed by atoms with Crippen LogP contribution in [0.2, 0.25) is 0 Å². The van der Waals surface area contributed by atoms with Crippen molar-refractivity contribution in [2.45, 2.75) is 13.5 Å². The average Bonchev–Trinajstić information content (AvgIpc) is 2.45. The third-order valence-electron chi connectivity index (χ3n) is 2.84. The van der Waals surface area contributed by atoms with Crippen LogP contribution in [0.3, 0.4) is 0 Å². The molecule has 2 rings (SSSR count). The lowest BCUT2D eigenvalue weighted by atomic mass is 10.1. The number of aromatic nitrogens is 1. The second-order valence-electron chi connectivity index (χ2n) is 4.39. The summed E-state index contributed by atoms with van der Waals surface area (Å²) >= 11 is 0. The van der Waals surface area contributed by atoms with E-state index in [0.717, 1.165) is 5.56 Å². The normalized spacial score (nSPS) is 9.80. The molecule has 0 bridgehead atoms. The van der Waals surface area contributed by atoms with Crippen LogP contribution in [0.4, 0.5) is 0 Å². The average molecular weight is 267 g/mol. The molecule has 1 heterocycles. The van der Waals surface area contributed by atoms with Crippen molar-refractivity contribution in [3.63, 3.8) is 0 Å². The maximum atomic E-state index is 11.9. The van der Waals surface area contributed by atoms with E-state index in [1.165, 1.54) is 12.3 Å². The molecule has 0 aliphatic rings. The number of hydrogen-bond acceptors (Lipinski definition) is 3. The van der Waals surface area contributed by atoms with Gasteiger partial charge in [0, 0.05) is 24.5 Å². The predicted molar refractivity (Wildman–Crippen MR) is 74.1 cm³/mol. The maximum absolute atomic E-state index is 11.9. The number of pyridine rings is 1. The minimum atomic E-state index is -0.421. The van der Waals surface area contributed by atoms with Crippen LogP contribution in [0.5, 0.6) is 0 Å². The second-order valence-corrected chi connectivity index (χ2v) is 4.39. The largest absolute Gasteiger partial charge is 0.364 e. The molecule has 0 fully saturated rings. The molecule has 0 unspecified atom stereocenters. The number of aromatic amines is 1. The lowest BCUT2D eigenvalue weighted by molar-refractivity contribution is 0.0949. The van der Waals surface area contributed by atoms with E-state index in [9.17, 15) is 9.59 Å². The number of nitriles is 1. The van der Waals surface area contributed by atoms with Crippen LogP contribution in [0.1, 0.15) is 27.2 Å². The molecule has 2 aromatic rings. The molecule has 5 heteroatoms. The SMILES string of the molecule is Cc1cc(=O)c(C(=O)NCc2ccc(C#N)cc2)c[nH]1. The molecule has 0 saturated heterocycles. The fourth-order valence-electron chi connectivity index (χ4n) is 1.73. The van der Waals surface area contributed by atoms with Crippen LogP contribution in [0, 0.1) is 18.3 Å². The zero-order valence-corrected chi connectivity index (χ0v) is 10.9. The van der Waals surface area contributed by atoms with Gasteiger partial charge in [0.25, 0.3) is 5.91 Å². The van der Waals surface area contributed by atoms with Crippen molar-refractivity contribution in [3.05, 3.63) is 69.1 Å². The Hall–Kier alpha value is -2.87. The van der Waals surface area contributed by atoms with Crippen molar-refractivity contribution < 1.29 is 4.79 Å². The number of benzene rings is 1. The standard InChI is InChI=1S/C15H13N3O2/c1-10-6-14(19)13(9-17-10)15(20)18-8-12-4-2-11(7-16)3-5-12/h2-6,9H,8H2,1H3,(H,17,19)(H,18,20). The monoisotopic (exact) mass is 267 g/mol. The zero-order chi connectivity index (χ0) is 14.5. The number of carbonyl (C=O) groups excluding carboxylic acids is 1. The number of nitrogens with one attached hydrogen (secondary N) is 2. The molecule has 0 saturated carbocycles. The number of carbonyl (C=O) groups is 1. The van der Waals surface area contributed by atoms with Crippen LogP contribution in [-0.4, -0.2) is 10.9 Å². The Morgan fingerprint density at radius 1 is 1.35 bits per heavy atom. The number of amides is 1. The summed E-state index contributed by atoms with van der Waals surface area (Å²) in [6, 6.07) is 10.3. The van der Waals surface area contributed by atoms with Gasteiger partial charge in [-0.25, -0.2) is 0 Å². The maximum Gasteiger partial charge on any atom is 0.257 e. The van der Waals surface area contributed by atoms with Crippen molar-refractivity contribution in [2.75, 3.05) is 0 Å². The summed E-state index contributed by atoms with van der Waals surface area (Å²) in [5, 5.41) is 11.4. The number of aryl methyl sites for hydroxylation is 1. The Balaban J connectivity index is 2.05. The van der Waals surface area contributed by atoms with Crippen LogP contribution in [0.25, 0.3) is 0 Å². The van der Waals surface area contributed by atoms with E-state index in [1.54, 1.807) is 31.2 Å². The van der Waals surface area contributed by atoms with Gasteiger partial charge in [-0.05, 0) is 24.6 Å². The fourth-order valence-corrected chi connectivity index (χ4v) is 1.73. The molecular formula is C15H13N3O2. The van der Waals surface area contributed by atoms with Gasteiger partial charge in [0.15, 0.2) is 5.43 Å². The molecule has 0 aliphatic carbocycles. The lowest BCUT2D eigenvalue weighted by Gasteiger charge is -2.05. The van der Waals surface area contributed by atoms with Crippen LogP contribution >= 0.6 is 0 Å². The minimum Gasteiger partial charge on any atom is -0.364 e. The van der Waals surface area contributed by atoms with Gasteiger partial charge in [-0.3, -0.25) is 9.59 Å². The van der Waals surface area contributed by atoms with Crippen LogP contribution in [-0.2, 0) is 6.54 Å². The molecule has 0 spiro atoms. The van der Waals surface area contributed by atoms with Crippen molar-refractivity contribution in [1.29, 1.82) is 5.26 Å². The van der Waals surface area contributed by atoms with Crippen LogP contribution in [0.15, 0.2) is 41.3 Å². The van der Waals surface area contributed by atoms with Gasteiger partial charge < -0.3 is 10.3 Å². The summed E-state index contributed by atoms with van der Waals surface area (Å²) in [5.74, 6) is -0.421. The van der Waals surface area contributed by atoms with E-state index in [0.29, 0.717) is 17.8 Å². The molecule has 5 nitrogen and oxygen atoms in total. The van der Waals surface area contributed by atoms with E-state index < -0.39 is 5.91 Å². The van der Waals surface area contributed by atoms with Crippen molar-refractivity contribution in [1.82, 2.24) is 10.3 Å². The third kappa shape index (κ3) is 3.12. The number of H-pyrrole nitrogens is 1.